The first-order valence-electron chi connectivity index (χ1n) is 3.79. The quantitative estimate of drug-likeness (QED) is 0.666. The van der Waals surface area contributed by atoms with Crippen LogP contribution in [0.2, 0.25) is 0 Å². The summed E-state index contributed by atoms with van der Waals surface area (Å²) in [5.74, 6) is 0.659. The standard InChI is InChI=1S/C8H15Cl2N/c1-3-8(5-10)11-6-7(2)4-9/h4,8,11H,3,5-6H2,1-2H3. The maximum atomic E-state index is 5.68. The lowest BCUT2D eigenvalue weighted by Gasteiger charge is -2.12. The van der Waals surface area contributed by atoms with Crippen molar-refractivity contribution in [2.45, 2.75) is 26.3 Å². The number of nitrogens with one attached hydrogen (secondary N) is 1. The van der Waals surface area contributed by atoms with Crippen molar-refractivity contribution in [3.8, 4) is 0 Å². The van der Waals surface area contributed by atoms with Crippen LogP contribution >= 0.6 is 23.2 Å². The summed E-state index contributed by atoms with van der Waals surface area (Å²) in [4.78, 5) is 0. The Morgan fingerprint density at radius 2 is 2.27 bits per heavy atom. The Kier molecular flexibility index (Phi) is 7.13. The number of rotatable bonds is 5. The van der Waals surface area contributed by atoms with Gasteiger partial charge < -0.3 is 5.32 Å². The van der Waals surface area contributed by atoms with E-state index in [2.05, 4.69) is 12.2 Å². The molecule has 0 bridgehead atoms. The summed E-state index contributed by atoms with van der Waals surface area (Å²) >= 11 is 11.2. The molecule has 0 spiro atoms. The average Bonchev–Trinajstić information content (AvgIpc) is 2.06. The molecular formula is C8H15Cl2N. The highest BCUT2D eigenvalue weighted by Crippen LogP contribution is 1.97. The molecule has 0 amide bonds. The van der Waals surface area contributed by atoms with E-state index < -0.39 is 0 Å². The van der Waals surface area contributed by atoms with Crippen LogP contribution in [0.15, 0.2) is 11.1 Å². The minimum atomic E-state index is 0.406. The number of halogens is 2. The lowest BCUT2D eigenvalue weighted by molar-refractivity contribution is 0.565. The van der Waals surface area contributed by atoms with Crippen molar-refractivity contribution in [3.05, 3.63) is 11.1 Å². The monoisotopic (exact) mass is 195 g/mol. The molecule has 0 radical (unpaired) electrons. The summed E-state index contributed by atoms with van der Waals surface area (Å²) in [6, 6.07) is 0.406. The molecule has 0 aromatic carbocycles. The molecule has 0 aromatic rings. The van der Waals surface area contributed by atoms with Gasteiger partial charge in [0.25, 0.3) is 0 Å². The minimum Gasteiger partial charge on any atom is -0.309 e. The van der Waals surface area contributed by atoms with E-state index in [-0.39, 0.29) is 0 Å². The van der Waals surface area contributed by atoms with E-state index >= 15 is 0 Å². The molecule has 3 heteroatoms. The summed E-state index contributed by atoms with van der Waals surface area (Å²) in [6.07, 6.45) is 1.05. The number of hydrogen-bond acceptors (Lipinski definition) is 1. The second-order valence-electron chi connectivity index (χ2n) is 2.60. The molecule has 0 aromatic heterocycles. The highest BCUT2D eigenvalue weighted by molar-refractivity contribution is 6.25. The van der Waals surface area contributed by atoms with Gasteiger partial charge in [-0.1, -0.05) is 18.5 Å². The van der Waals surface area contributed by atoms with Gasteiger partial charge in [0.15, 0.2) is 0 Å². The van der Waals surface area contributed by atoms with Gasteiger partial charge in [-0.3, -0.25) is 0 Å². The van der Waals surface area contributed by atoms with Crippen LogP contribution < -0.4 is 5.32 Å². The van der Waals surface area contributed by atoms with Gasteiger partial charge in [0.2, 0.25) is 0 Å². The maximum Gasteiger partial charge on any atom is 0.0377 e. The smallest absolute Gasteiger partial charge is 0.0377 e. The Bertz CT molecular complexity index is 119. The Morgan fingerprint density at radius 3 is 2.64 bits per heavy atom. The normalized spacial score (nSPS) is 15.1. The summed E-state index contributed by atoms with van der Waals surface area (Å²) in [5, 5.41) is 3.29. The van der Waals surface area contributed by atoms with E-state index in [1.54, 1.807) is 5.54 Å². The molecule has 0 saturated carbocycles. The van der Waals surface area contributed by atoms with Crippen molar-refractivity contribution in [1.82, 2.24) is 5.32 Å². The molecule has 66 valence electrons. The van der Waals surface area contributed by atoms with Crippen LogP contribution in [-0.2, 0) is 0 Å². The average molecular weight is 196 g/mol. The zero-order valence-electron chi connectivity index (χ0n) is 7.03. The van der Waals surface area contributed by atoms with E-state index in [9.17, 15) is 0 Å². The predicted molar refractivity (Wildman–Crippen MR) is 52.4 cm³/mol. The Labute approximate surface area is 78.8 Å². The van der Waals surface area contributed by atoms with Crippen LogP contribution in [0.3, 0.4) is 0 Å². The van der Waals surface area contributed by atoms with Gasteiger partial charge in [-0.2, -0.15) is 0 Å². The largest absolute Gasteiger partial charge is 0.309 e. The van der Waals surface area contributed by atoms with Crippen LogP contribution in [-0.4, -0.2) is 18.5 Å². The fraction of sp³-hybridized carbons (Fsp3) is 0.750. The Morgan fingerprint density at radius 1 is 1.64 bits per heavy atom. The highest BCUT2D eigenvalue weighted by Gasteiger charge is 2.01. The van der Waals surface area contributed by atoms with Gasteiger partial charge in [-0.25, -0.2) is 0 Å². The highest BCUT2D eigenvalue weighted by atomic mass is 35.5. The summed E-state index contributed by atoms with van der Waals surface area (Å²) < 4.78 is 0. The SMILES string of the molecule is CCC(CCl)NCC(C)=CCl. The first kappa shape index (κ1) is 11.3. The van der Waals surface area contributed by atoms with Gasteiger partial charge in [0, 0.05) is 24.0 Å². The van der Waals surface area contributed by atoms with Gasteiger partial charge in [-0.05, 0) is 18.9 Å². The fourth-order valence-electron chi connectivity index (χ4n) is 0.652. The molecule has 1 N–H and O–H groups in total. The lowest BCUT2D eigenvalue weighted by atomic mass is 10.2. The van der Waals surface area contributed by atoms with Crippen LogP contribution in [0.5, 0.6) is 0 Å². The molecular weight excluding hydrogens is 181 g/mol. The first-order valence-corrected chi connectivity index (χ1v) is 4.76. The first-order chi connectivity index (χ1) is 5.24. The van der Waals surface area contributed by atoms with Gasteiger partial charge in [0.05, 0.1) is 0 Å². The van der Waals surface area contributed by atoms with Crippen molar-refractivity contribution < 1.29 is 0 Å². The molecule has 0 saturated heterocycles. The number of alkyl halides is 1. The third-order valence-corrected chi connectivity index (χ3v) is 2.28. The molecule has 0 rings (SSSR count). The van der Waals surface area contributed by atoms with Crippen molar-refractivity contribution in [3.63, 3.8) is 0 Å². The molecule has 1 unspecified atom stereocenters. The molecule has 0 heterocycles. The van der Waals surface area contributed by atoms with Crippen molar-refractivity contribution in [2.75, 3.05) is 12.4 Å². The van der Waals surface area contributed by atoms with E-state index in [0.29, 0.717) is 11.9 Å². The van der Waals surface area contributed by atoms with Gasteiger partial charge >= 0.3 is 0 Å². The molecule has 0 aliphatic heterocycles. The second kappa shape index (κ2) is 6.96. The van der Waals surface area contributed by atoms with Crippen molar-refractivity contribution in [2.24, 2.45) is 0 Å². The lowest BCUT2D eigenvalue weighted by Crippen LogP contribution is -2.31. The second-order valence-corrected chi connectivity index (χ2v) is 3.12. The van der Waals surface area contributed by atoms with Crippen LogP contribution in [0.25, 0.3) is 0 Å². The molecule has 0 aliphatic carbocycles. The third kappa shape index (κ3) is 5.54. The molecule has 0 aliphatic rings. The summed E-state index contributed by atoms with van der Waals surface area (Å²) in [5.41, 5.74) is 2.73. The van der Waals surface area contributed by atoms with E-state index in [4.69, 9.17) is 23.2 Å². The van der Waals surface area contributed by atoms with Gasteiger partial charge in [-0.15, -0.1) is 11.6 Å². The van der Waals surface area contributed by atoms with Gasteiger partial charge in [0.1, 0.15) is 0 Å². The maximum absolute atomic E-state index is 5.68. The van der Waals surface area contributed by atoms with Crippen LogP contribution in [0.4, 0.5) is 0 Å². The topological polar surface area (TPSA) is 12.0 Å². The molecule has 11 heavy (non-hydrogen) atoms. The zero-order chi connectivity index (χ0) is 8.69. The van der Waals surface area contributed by atoms with E-state index in [1.165, 1.54) is 0 Å². The predicted octanol–water partition coefficient (Wildman–Crippen LogP) is 2.74. The van der Waals surface area contributed by atoms with Crippen LogP contribution in [0, 0.1) is 0 Å². The zero-order valence-corrected chi connectivity index (χ0v) is 8.54. The summed E-state index contributed by atoms with van der Waals surface area (Å²) in [7, 11) is 0. The molecule has 1 nitrogen and oxygen atoms in total. The van der Waals surface area contributed by atoms with Crippen molar-refractivity contribution >= 4 is 23.2 Å². The van der Waals surface area contributed by atoms with Crippen LogP contribution in [0.1, 0.15) is 20.3 Å². The number of hydrogen-bond donors (Lipinski definition) is 1. The summed E-state index contributed by atoms with van der Waals surface area (Å²) in [6.45, 7) is 4.93. The fourth-order valence-corrected chi connectivity index (χ4v) is 1.06. The molecule has 0 fully saturated rings. The Balaban J connectivity index is 3.50. The van der Waals surface area contributed by atoms with Crippen molar-refractivity contribution in [1.29, 1.82) is 0 Å². The van der Waals surface area contributed by atoms with E-state index in [1.807, 2.05) is 6.92 Å². The van der Waals surface area contributed by atoms with E-state index in [0.717, 1.165) is 18.5 Å². The third-order valence-electron chi connectivity index (χ3n) is 1.53. The molecule has 1 atom stereocenters. The Hall–Kier alpha value is 0.280. The minimum absolute atomic E-state index is 0.406.